The van der Waals surface area contributed by atoms with E-state index in [4.69, 9.17) is 18.7 Å². The summed E-state index contributed by atoms with van der Waals surface area (Å²) in [5.74, 6) is -0.189. The molecular weight excluding hydrogens is 660 g/mol. The van der Waals surface area contributed by atoms with Gasteiger partial charge in [-0.25, -0.2) is 9.37 Å². The first-order valence-electron chi connectivity index (χ1n) is 12.4. The Kier molecular flexibility index (Phi) is 9.54. The standard InChI is InChI=1S/C28H30N2O3.H2O.3O.W/c1-5-29(6-2)19-13-15-23-25(17-19)33-26-18-20(30(7-3)8-4)14-16-24(26)27(23)21-11-9-10-12-22(21)28(31)32;;;;;/h9-18H,5-8H2,1-4H3;1H2;;;;/q;;;;-1;+1. The molecule has 0 atom stereocenters. The van der Waals surface area contributed by atoms with Crippen LogP contribution in [0.15, 0.2) is 65.1 Å². The molecule has 0 bridgehead atoms. The molecule has 4 rings (SSSR count). The van der Waals surface area contributed by atoms with Crippen LogP contribution in [0.1, 0.15) is 38.1 Å². The van der Waals surface area contributed by atoms with Crippen LogP contribution >= 0.6 is 0 Å². The number of carboxylic acids is 1. The number of aromatic carboxylic acids is 1. The van der Waals surface area contributed by atoms with Gasteiger partial charge in [0.25, 0.3) is 0 Å². The molecular formula is C28H32N2O7W. The van der Waals surface area contributed by atoms with Crippen molar-refractivity contribution >= 4 is 22.6 Å². The Morgan fingerprint density at radius 2 is 1.58 bits per heavy atom. The van der Waals surface area contributed by atoms with Gasteiger partial charge in [-0.15, -0.1) is 0 Å². The van der Waals surface area contributed by atoms with Gasteiger partial charge in [0.1, 0.15) is 24.4 Å². The number of carboxylic acid groups (broad SMARTS) is 1. The second kappa shape index (κ2) is 12.4. The number of rotatable bonds is 7. The molecule has 0 radical (unpaired) electrons. The maximum atomic E-state index is 12.1. The Labute approximate surface area is 225 Å². The van der Waals surface area contributed by atoms with Crippen molar-refractivity contribution in [1.29, 1.82) is 0 Å². The molecule has 0 unspecified atom stereocenters. The zero-order chi connectivity index (χ0) is 28.0. The third kappa shape index (κ3) is 6.72. The van der Waals surface area contributed by atoms with Gasteiger partial charge in [-0.1, -0.05) is 18.2 Å². The van der Waals surface area contributed by atoms with Crippen molar-refractivity contribution in [3.8, 4) is 22.5 Å². The van der Waals surface area contributed by atoms with E-state index >= 15 is 0 Å². The van der Waals surface area contributed by atoms with Gasteiger partial charge in [0.05, 0.1) is 11.6 Å². The molecule has 0 saturated heterocycles. The van der Waals surface area contributed by atoms with Crippen LogP contribution in [-0.2, 0) is 23.5 Å². The normalized spacial score (nSPS) is 11.2. The summed E-state index contributed by atoms with van der Waals surface area (Å²) in [4.78, 5) is 14.3. The fraction of sp³-hybridized carbons (Fsp3) is 0.286. The molecule has 10 heteroatoms. The summed E-state index contributed by atoms with van der Waals surface area (Å²) >= 11 is -5.92. The molecule has 2 N–H and O–H groups in total. The van der Waals surface area contributed by atoms with Gasteiger partial charge >= 0.3 is 37.0 Å². The fourth-order valence-electron chi connectivity index (χ4n) is 4.62. The monoisotopic (exact) mass is 692 g/mol. The number of carbonyl (C=O) groups is 1. The van der Waals surface area contributed by atoms with Crippen molar-refractivity contribution in [3.05, 3.63) is 71.6 Å². The van der Waals surface area contributed by atoms with Crippen molar-refractivity contribution in [1.82, 2.24) is 4.58 Å². The van der Waals surface area contributed by atoms with E-state index in [2.05, 4.69) is 73.6 Å². The minimum atomic E-state index is -5.92. The van der Waals surface area contributed by atoms with Crippen LogP contribution in [0.4, 0.5) is 5.69 Å². The van der Waals surface area contributed by atoms with E-state index in [1.165, 1.54) is 0 Å². The number of hydrogen-bond acceptors (Lipinski definition) is 6. The molecule has 0 amide bonds. The average Bonchev–Trinajstić information content (AvgIpc) is 2.87. The summed E-state index contributed by atoms with van der Waals surface area (Å²) in [6.45, 7) is 12.1. The molecule has 0 saturated carbocycles. The Morgan fingerprint density at radius 1 is 0.947 bits per heavy atom. The predicted molar refractivity (Wildman–Crippen MR) is 139 cm³/mol. The van der Waals surface area contributed by atoms with Crippen molar-refractivity contribution < 1.29 is 45.4 Å². The first kappa shape index (κ1) is 29.2. The van der Waals surface area contributed by atoms with Crippen molar-refractivity contribution in [3.63, 3.8) is 0 Å². The number of nitrogens with zero attached hydrogens (tertiary/aromatic N) is 2. The average molecular weight is 692 g/mol. The third-order valence-corrected chi connectivity index (χ3v) is 6.37. The van der Waals surface area contributed by atoms with Gasteiger partial charge in [0.15, 0.2) is 0 Å². The SMILES string of the molecule is CCN(CC)c1ccc2c(-c3ccccc3C(=O)O)c3ccc(=[N+](CC)CC)cc-3oc2c1.[O]=[W](=[O])([O-])[OH]. The molecule has 9 nitrogen and oxygen atoms in total. The molecule has 0 spiro atoms. The van der Waals surface area contributed by atoms with E-state index in [-0.39, 0.29) is 5.56 Å². The number of hydrogen-bond donors (Lipinski definition) is 2. The van der Waals surface area contributed by atoms with Crippen molar-refractivity contribution in [2.24, 2.45) is 0 Å². The molecule has 1 aliphatic carbocycles. The van der Waals surface area contributed by atoms with Crippen molar-refractivity contribution in [2.45, 2.75) is 27.7 Å². The van der Waals surface area contributed by atoms with E-state index in [1.54, 1.807) is 12.1 Å². The predicted octanol–water partition coefficient (Wildman–Crippen LogP) is 3.57. The Balaban J connectivity index is 0.000000732. The van der Waals surface area contributed by atoms with E-state index in [9.17, 15) is 9.90 Å². The summed E-state index contributed by atoms with van der Waals surface area (Å²) in [6, 6.07) is 19.6. The van der Waals surface area contributed by atoms with Gasteiger partial charge < -0.3 is 14.4 Å². The number of fused-ring (bicyclic) bond motifs is 2. The zero-order valence-corrected chi connectivity index (χ0v) is 24.8. The molecule has 1 heterocycles. The fourth-order valence-corrected chi connectivity index (χ4v) is 4.62. The Morgan fingerprint density at radius 3 is 2.16 bits per heavy atom. The first-order chi connectivity index (χ1) is 18.0. The first-order valence-corrected chi connectivity index (χ1v) is 17.3. The Hall–Kier alpha value is -3.39. The van der Waals surface area contributed by atoms with Crippen LogP contribution < -0.4 is 18.6 Å². The van der Waals surface area contributed by atoms with Crippen LogP contribution in [0, 0.1) is 0 Å². The molecule has 2 aromatic carbocycles. The van der Waals surface area contributed by atoms with Gasteiger partial charge in [0, 0.05) is 47.4 Å². The molecule has 0 aromatic heterocycles. The molecule has 202 valence electrons. The van der Waals surface area contributed by atoms with Crippen LogP contribution in [0.3, 0.4) is 0 Å². The van der Waals surface area contributed by atoms with E-state index in [1.807, 2.05) is 12.1 Å². The summed E-state index contributed by atoms with van der Waals surface area (Å²) in [7, 11) is 0. The molecule has 2 aromatic rings. The zero-order valence-electron chi connectivity index (χ0n) is 21.8. The number of benzene rings is 3. The minimum absolute atomic E-state index is 0.284. The van der Waals surface area contributed by atoms with Gasteiger partial charge in [-0.05, 0) is 57.5 Å². The third-order valence-electron chi connectivity index (χ3n) is 6.37. The second-order valence-electron chi connectivity index (χ2n) is 8.46. The number of anilines is 1. The van der Waals surface area contributed by atoms with Crippen LogP contribution in [0.25, 0.3) is 33.4 Å². The quantitative estimate of drug-likeness (QED) is 0.222. The van der Waals surface area contributed by atoms with Crippen LogP contribution in [0.5, 0.6) is 0 Å². The van der Waals surface area contributed by atoms with Crippen LogP contribution in [0.2, 0.25) is 0 Å². The van der Waals surface area contributed by atoms with Gasteiger partial charge in [-0.2, -0.15) is 0 Å². The summed E-state index contributed by atoms with van der Waals surface area (Å²) < 4.78 is 42.1. The molecule has 0 fully saturated rings. The van der Waals surface area contributed by atoms with E-state index < -0.39 is 22.7 Å². The molecule has 2 aliphatic rings. The van der Waals surface area contributed by atoms with Crippen LogP contribution in [-0.4, -0.2) is 41.0 Å². The molecule has 1 aliphatic heterocycles. The summed E-state index contributed by atoms with van der Waals surface area (Å²) in [5, 5.41) is 11.9. The van der Waals surface area contributed by atoms with Crippen molar-refractivity contribution in [2.75, 3.05) is 31.1 Å². The molecule has 38 heavy (non-hydrogen) atoms. The second-order valence-corrected chi connectivity index (χ2v) is 11.5. The van der Waals surface area contributed by atoms with Gasteiger partial charge in [-0.3, -0.25) is 0 Å². The van der Waals surface area contributed by atoms with E-state index in [0.29, 0.717) is 5.56 Å². The maximum absolute atomic E-state index is 12.1. The topological polar surface area (TPSA) is 134 Å². The van der Waals surface area contributed by atoms with E-state index in [0.717, 1.165) is 65.1 Å². The summed E-state index contributed by atoms with van der Waals surface area (Å²) in [5.41, 5.74) is 4.62. The summed E-state index contributed by atoms with van der Waals surface area (Å²) in [6.07, 6.45) is 0. The van der Waals surface area contributed by atoms with Gasteiger partial charge in [0.2, 0.25) is 5.36 Å². The Bertz CT molecular complexity index is 1570.